The van der Waals surface area contributed by atoms with E-state index >= 15 is 0 Å². The first-order valence-electron chi connectivity index (χ1n) is 10.5. The van der Waals surface area contributed by atoms with Crippen molar-refractivity contribution in [2.24, 2.45) is 16.6 Å². The first-order chi connectivity index (χ1) is 14.5. The van der Waals surface area contributed by atoms with Crippen LogP contribution in [0.15, 0.2) is 41.5 Å². The summed E-state index contributed by atoms with van der Waals surface area (Å²) in [5.74, 6) is 0.321. The van der Waals surface area contributed by atoms with Crippen LogP contribution < -0.4 is 10.5 Å². The van der Waals surface area contributed by atoms with Gasteiger partial charge in [0.25, 0.3) is 6.02 Å². The van der Waals surface area contributed by atoms with E-state index in [4.69, 9.17) is 24.9 Å². The van der Waals surface area contributed by atoms with Crippen molar-refractivity contribution >= 4 is 6.02 Å². The molecule has 7 heteroatoms. The number of rotatable bonds is 3. The van der Waals surface area contributed by atoms with Crippen LogP contribution in [0.5, 0.6) is 5.75 Å². The summed E-state index contributed by atoms with van der Waals surface area (Å²) in [4.78, 5) is 8.59. The van der Waals surface area contributed by atoms with Crippen molar-refractivity contribution in [3.63, 3.8) is 0 Å². The van der Waals surface area contributed by atoms with Crippen LogP contribution in [-0.4, -0.2) is 35.9 Å². The van der Waals surface area contributed by atoms with Crippen molar-refractivity contribution in [2.75, 3.05) is 6.61 Å². The van der Waals surface area contributed by atoms with Crippen LogP contribution in [0.4, 0.5) is 4.39 Å². The number of nitrogens with zero attached hydrogens (tertiary/aromatic N) is 2. The zero-order chi connectivity index (χ0) is 20.9. The van der Waals surface area contributed by atoms with Crippen LogP contribution in [0.2, 0.25) is 0 Å². The number of hydrogen-bond acceptors (Lipinski definition) is 6. The highest BCUT2D eigenvalue weighted by Crippen LogP contribution is 2.53. The van der Waals surface area contributed by atoms with Gasteiger partial charge in [0.1, 0.15) is 24.0 Å². The van der Waals surface area contributed by atoms with E-state index in [1.807, 2.05) is 18.2 Å². The van der Waals surface area contributed by atoms with Gasteiger partial charge >= 0.3 is 0 Å². The SMILES string of the molecule is CC(C)O[C@H]1CC[C@@H]2Oc3ccc(-c4cccnc4F)cc3C3(COC(N)=N3)C2C1. The summed E-state index contributed by atoms with van der Waals surface area (Å²) in [6.07, 6.45) is 4.41. The van der Waals surface area contributed by atoms with Crippen LogP contribution >= 0.6 is 0 Å². The average molecular weight is 411 g/mol. The number of aromatic nitrogens is 1. The van der Waals surface area contributed by atoms with Crippen molar-refractivity contribution in [1.29, 1.82) is 0 Å². The fourth-order valence-electron chi connectivity index (χ4n) is 5.13. The van der Waals surface area contributed by atoms with Gasteiger partial charge in [0.2, 0.25) is 5.95 Å². The zero-order valence-corrected chi connectivity index (χ0v) is 17.2. The molecule has 0 saturated heterocycles. The predicted molar refractivity (Wildman–Crippen MR) is 111 cm³/mol. The normalized spacial score (nSPS) is 29.7. The minimum absolute atomic E-state index is 0.0174. The lowest BCUT2D eigenvalue weighted by molar-refractivity contribution is -0.0791. The average Bonchev–Trinajstić information content (AvgIpc) is 3.11. The van der Waals surface area contributed by atoms with Gasteiger partial charge in [0.05, 0.1) is 12.2 Å². The van der Waals surface area contributed by atoms with Gasteiger partial charge in [-0.25, -0.2) is 9.98 Å². The third-order valence-corrected chi connectivity index (χ3v) is 6.36. The second-order valence-corrected chi connectivity index (χ2v) is 8.60. The molecular formula is C23H26FN3O3. The van der Waals surface area contributed by atoms with Crippen LogP contribution in [0.25, 0.3) is 11.1 Å². The molecule has 0 amide bonds. The summed E-state index contributed by atoms with van der Waals surface area (Å²) < 4.78 is 32.6. The maximum atomic E-state index is 14.3. The molecule has 2 aromatic rings. The van der Waals surface area contributed by atoms with E-state index in [0.717, 1.165) is 36.1 Å². The minimum atomic E-state index is -0.657. The lowest BCUT2D eigenvalue weighted by Gasteiger charge is -2.48. The number of halogens is 1. The maximum absolute atomic E-state index is 14.3. The van der Waals surface area contributed by atoms with Gasteiger partial charge in [-0.3, -0.25) is 0 Å². The molecule has 1 aromatic heterocycles. The number of aliphatic imine (C=N–C) groups is 1. The molecule has 30 heavy (non-hydrogen) atoms. The zero-order valence-electron chi connectivity index (χ0n) is 17.2. The van der Waals surface area contributed by atoms with Crippen molar-refractivity contribution in [3.05, 3.63) is 48.0 Å². The van der Waals surface area contributed by atoms with Gasteiger partial charge in [-0.1, -0.05) is 6.07 Å². The van der Waals surface area contributed by atoms with Gasteiger partial charge in [-0.05, 0) is 62.9 Å². The summed E-state index contributed by atoms with van der Waals surface area (Å²) in [6.45, 7) is 4.46. The van der Waals surface area contributed by atoms with Crippen molar-refractivity contribution in [2.45, 2.75) is 57.0 Å². The van der Waals surface area contributed by atoms with Crippen LogP contribution in [0.1, 0.15) is 38.7 Å². The van der Waals surface area contributed by atoms with Gasteiger partial charge < -0.3 is 19.9 Å². The number of benzene rings is 1. The Balaban J connectivity index is 1.60. The quantitative estimate of drug-likeness (QED) is 0.778. The summed E-state index contributed by atoms with van der Waals surface area (Å²) in [7, 11) is 0. The van der Waals surface area contributed by atoms with E-state index in [-0.39, 0.29) is 30.3 Å². The largest absolute Gasteiger partial charge is 0.490 e. The first kappa shape index (κ1) is 19.3. The monoisotopic (exact) mass is 411 g/mol. The lowest BCUT2D eigenvalue weighted by atomic mass is 9.67. The Morgan fingerprint density at radius 2 is 2.13 bits per heavy atom. The van der Waals surface area contributed by atoms with Crippen molar-refractivity contribution < 1.29 is 18.6 Å². The van der Waals surface area contributed by atoms with E-state index in [9.17, 15) is 4.39 Å². The number of pyridine rings is 1. The molecule has 3 heterocycles. The molecule has 1 spiro atoms. The molecule has 4 atom stereocenters. The topological polar surface area (TPSA) is 79.0 Å². The Labute approximate surface area is 175 Å². The van der Waals surface area contributed by atoms with Gasteiger partial charge in [-0.15, -0.1) is 0 Å². The molecule has 5 rings (SSSR count). The Morgan fingerprint density at radius 1 is 1.27 bits per heavy atom. The molecule has 1 aliphatic carbocycles. The number of ether oxygens (including phenoxy) is 3. The third-order valence-electron chi connectivity index (χ3n) is 6.36. The third kappa shape index (κ3) is 3.12. The summed E-state index contributed by atoms with van der Waals surface area (Å²) >= 11 is 0. The lowest BCUT2D eigenvalue weighted by Crippen LogP contribution is -2.52. The van der Waals surface area contributed by atoms with Gasteiger partial charge in [-0.2, -0.15) is 4.39 Å². The van der Waals surface area contributed by atoms with Crippen LogP contribution in [-0.2, 0) is 15.0 Å². The predicted octanol–water partition coefficient (Wildman–Crippen LogP) is 3.78. The number of nitrogens with two attached hydrogens (primary N) is 1. The maximum Gasteiger partial charge on any atom is 0.283 e. The summed E-state index contributed by atoms with van der Waals surface area (Å²) in [6, 6.07) is 9.35. The molecule has 158 valence electrons. The molecule has 3 aliphatic rings. The van der Waals surface area contributed by atoms with E-state index in [0.29, 0.717) is 12.2 Å². The molecular weight excluding hydrogens is 385 g/mol. The molecule has 2 unspecified atom stereocenters. The first-order valence-corrected chi connectivity index (χ1v) is 10.5. The molecule has 0 bridgehead atoms. The molecule has 0 radical (unpaired) electrons. The highest BCUT2D eigenvalue weighted by atomic mass is 19.1. The van der Waals surface area contributed by atoms with Gasteiger partial charge in [0.15, 0.2) is 0 Å². The molecule has 1 fully saturated rings. The Hall–Kier alpha value is -2.67. The smallest absolute Gasteiger partial charge is 0.283 e. The van der Waals surface area contributed by atoms with E-state index in [1.54, 1.807) is 12.1 Å². The minimum Gasteiger partial charge on any atom is -0.490 e. The van der Waals surface area contributed by atoms with Crippen molar-refractivity contribution in [1.82, 2.24) is 4.98 Å². The van der Waals surface area contributed by atoms with Crippen LogP contribution in [0.3, 0.4) is 0 Å². The fourth-order valence-corrected chi connectivity index (χ4v) is 5.13. The second kappa shape index (κ2) is 7.23. The molecule has 1 saturated carbocycles. The number of fused-ring (bicyclic) bond motifs is 4. The van der Waals surface area contributed by atoms with Gasteiger partial charge in [0, 0.05) is 23.2 Å². The molecule has 6 nitrogen and oxygen atoms in total. The number of amidine groups is 1. The second-order valence-electron chi connectivity index (χ2n) is 8.60. The Morgan fingerprint density at radius 3 is 2.87 bits per heavy atom. The standard InChI is InChI=1S/C23H26FN3O3/c1-13(2)29-15-6-8-20-18(11-15)23(12-28-22(25)27-23)17-10-14(5-7-19(17)30-20)16-4-3-9-26-21(16)24/h3-5,7,9-10,13,15,18,20H,6,8,11-12H2,1-2H3,(H2,25,27)/t15-,18?,20-,23?/m0/s1. The highest BCUT2D eigenvalue weighted by molar-refractivity contribution is 5.75. The summed E-state index contributed by atoms with van der Waals surface area (Å²) in [5, 5.41) is 0. The number of hydrogen-bond donors (Lipinski definition) is 1. The molecule has 2 N–H and O–H groups in total. The Bertz CT molecular complexity index is 995. The highest BCUT2D eigenvalue weighted by Gasteiger charge is 2.55. The van der Waals surface area contributed by atoms with E-state index < -0.39 is 11.5 Å². The Kier molecular flexibility index (Phi) is 4.65. The van der Waals surface area contributed by atoms with Crippen LogP contribution in [0, 0.1) is 11.9 Å². The molecule has 2 aliphatic heterocycles. The van der Waals surface area contributed by atoms with Crippen molar-refractivity contribution in [3.8, 4) is 16.9 Å². The fraction of sp³-hybridized carbons (Fsp3) is 0.478. The van der Waals surface area contributed by atoms with E-state index in [1.165, 1.54) is 6.20 Å². The van der Waals surface area contributed by atoms with E-state index in [2.05, 4.69) is 18.8 Å². The summed E-state index contributed by atoms with van der Waals surface area (Å²) in [5.41, 5.74) is 7.39. The molecule has 1 aromatic carbocycles.